The van der Waals surface area contributed by atoms with E-state index in [1.807, 2.05) is 19.9 Å². The van der Waals surface area contributed by atoms with Gasteiger partial charge in [0.25, 0.3) is 0 Å². The molecule has 0 unspecified atom stereocenters. The number of hydrogen-bond donors (Lipinski definition) is 2. The number of nitrogens with one attached hydrogen (secondary N) is 1. The van der Waals surface area contributed by atoms with Gasteiger partial charge in [-0.3, -0.25) is 0 Å². The fourth-order valence-corrected chi connectivity index (χ4v) is 2.13. The molecule has 1 aliphatic rings. The topological polar surface area (TPSA) is 49.3 Å². The molecule has 0 atom stereocenters. The second-order valence-corrected chi connectivity index (χ2v) is 3.72. The Labute approximate surface area is 82.8 Å². The maximum Gasteiger partial charge on any atom is 0.338 e. The molecule has 0 saturated carbocycles. The molecule has 3 nitrogen and oxygen atoms in total. The number of fused-ring (bicyclic) bond motifs is 1. The lowest BCUT2D eigenvalue weighted by atomic mass is 9.97. The molecule has 0 aliphatic carbocycles. The molecule has 0 radical (unpaired) electrons. The van der Waals surface area contributed by atoms with Gasteiger partial charge < -0.3 is 10.4 Å². The summed E-state index contributed by atoms with van der Waals surface area (Å²) < 4.78 is 0. The first-order chi connectivity index (χ1) is 6.61. The summed E-state index contributed by atoms with van der Waals surface area (Å²) in [6.07, 6.45) is 0.932. The summed E-state index contributed by atoms with van der Waals surface area (Å²) in [5.74, 6) is -0.840. The van der Waals surface area contributed by atoms with Gasteiger partial charge in [0.05, 0.1) is 11.3 Å². The largest absolute Gasteiger partial charge is 0.478 e. The number of carboxylic acid groups (broad SMARTS) is 1. The van der Waals surface area contributed by atoms with Crippen molar-refractivity contribution in [3.8, 4) is 0 Å². The second kappa shape index (κ2) is 3.01. The molecule has 0 amide bonds. The summed E-state index contributed by atoms with van der Waals surface area (Å²) in [7, 11) is 0. The molecule has 2 rings (SSSR count). The van der Waals surface area contributed by atoms with Gasteiger partial charge in [0, 0.05) is 6.54 Å². The van der Waals surface area contributed by atoms with E-state index in [2.05, 4.69) is 5.32 Å². The molecular weight excluding hydrogens is 178 g/mol. The Morgan fingerprint density at radius 3 is 2.79 bits per heavy atom. The van der Waals surface area contributed by atoms with Crippen LogP contribution in [0.15, 0.2) is 6.07 Å². The van der Waals surface area contributed by atoms with Crippen LogP contribution >= 0.6 is 0 Å². The number of carbonyl (C=O) groups is 1. The van der Waals surface area contributed by atoms with E-state index in [0.717, 1.165) is 29.8 Å². The van der Waals surface area contributed by atoms with Crippen molar-refractivity contribution in [3.63, 3.8) is 0 Å². The zero-order chi connectivity index (χ0) is 10.3. The van der Waals surface area contributed by atoms with Crippen molar-refractivity contribution in [2.45, 2.75) is 20.3 Å². The van der Waals surface area contributed by atoms with Gasteiger partial charge in [-0.2, -0.15) is 0 Å². The summed E-state index contributed by atoms with van der Waals surface area (Å²) in [4.78, 5) is 11.1. The highest BCUT2D eigenvalue weighted by atomic mass is 16.4. The maximum absolute atomic E-state index is 11.1. The van der Waals surface area contributed by atoms with Crippen molar-refractivity contribution >= 4 is 11.7 Å². The fraction of sp³-hybridized carbons (Fsp3) is 0.364. The van der Waals surface area contributed by atoms with E-state index in [0.29, 0.717) is 5.56 Å². The molecule has 2 N–H and O–H groups in total. The average Bonchev–Trinajstić information content (AvgIpc) is 2.51. The van der Waals surface area contributed by atoms with Crippen LogP contribution in [0.1, 0.15) is 27.0 Å². The van der Waals surface area contributed by atoms with Gasteiger partial charge in [-0.25, -0.2) is 4.79 Å². The Hall–Kier alpha value is -1.51. The number of aryl methyl sites for hydroxylation is 2. The van der Waals surface area contributed by atoms with Gasteiger partial charge in [0.1, 0.15) is 0 Å². The van der Waals surface area contributed by atoms with Gasteiger partial charge in [0.15, 0.2) is 0 Å². The minimum Gasteiger partial charge on any atom is -0.478 e. The van der Waals surface area contributed by atoms with E-state index in [-0.39, 0.29) is 0 Å². The van der Waals surface area contributed by atoms with Crippen LogP contribution in [0.5, 0.6) is 0 Å². The minimum atomic E-state index is -0.840. The van der Waals surface area contributed by atoms with Gasteiger partial charge in [-0.05, 0) is 37.0 Å². The zero-order valence-corrected chi connectivity index (χ0v) is 8.35. The molecule has 3 heteroatoms. The molecule has 1 heterocycles. The third-order valence-corrected chi connectivity index (χ3v) is 2.75. The lowest BCUT2D eigenvalue weighted by molar-refractivity contribution is 0.0697. The van der Waals surface area contributed by atoms with Crippen LogP contribution in [0.3, 0.4) is 0 Å². The predicted octanol–water partition coefficient (Wildman–Crippen LogP) is 1.97. The van der Waals surface area contributed by atoms with Crippen molar-refractivity contribution in [3.05, 3.63) is 28.3 Å². The summed E-state index contributed by atoms with van der Waals surface area (Å²) in [6.45, 7) is 4.72. The standard InChI is InChI=1S/C11H13NO2/c1-6-5-7(2)9(11(13)14)10-8(6)3-4-12-10/h5,12H,3-4H2,1-2H3,(H,13,14). The zero-order valence-electron chi connectivity index (χ0n) is 8.35. The summed E-state index contributed by atoms with van der Waals surface area (Å²) in [5, 5.41) is 12.2. The van der Waals surface area contributed by atoms with Crippen molar-refractivity contribution in [2.75, 3.05) is 11.9 Å². The molecule has 1 aliphatic heterocycles. The van der Waals surface area contributed by atoms with Crippen LogP contribution in [0, 0.1) is 13.8 Å². The molecule has 1 aromatic carbocycles. The first-order valence-corrected chi connectivity index (χ1v) is 4.71. The number of anilines is 1. The predicted molar refractivity (Wildman–Crippen MR) is 55.1 cm³/mol. The van der Waals surface area contributed by atoms with Gasteiger partial charge >= 0.3 is 5.97 Å². The average molecular weight is 191 g/mol. The lowest BCUT2D eigenvalue weighted by Crippen LogP contribution is -2.05. The number of carboxylic acids is 1. The minimum absolute atomic E-state index is 0.433. The van der Waals surface area contributed by atoms with Crippen LogP contribution < -0.4 is 5.32 Å². The Morgan fingerprint density at radius 2 is 2.14 bits per heavy atom. The third-order valence-electron chi connectivity index (χ3n) is 2.75. The normalized spacial score (nSPS) is 13.6. The van der Waals surface area contributed by atoms with Gasteiger partial charge in [-0.15, -0.1) is 0 Å². The number of aromatic carboxylic acids is 1. The highest BCUT2D eigenvalue weighted by Crippen LogP contribution is 2.31. The van der Waals surface area contributed by atoms with E-state index in [9.17, 15) is 4.79 Å². The van der Waals surface area contributed by atoms with Crippen molar-refractivity contribution in [2.24, 2.45) is 0 Å². The van der Waals surface area contributed by atoms with E-state index in [1.165, 1.54) is 5.56 Å². The number of benzene rings is 1. The lowest BCUT2D eigenvalue weighted by Gasteiger charge is -2.10. The molecular formula is C11H13NO2. The molecule has 74 valence electrons. The molecule has 14 heavy (non-hydrogen) atoms. The summed E-state index contributed by atoms with van der Waals surface area (Å²) >= 11 is 0. The molecule has 0 aromatic heterocycles. The fourth-order valence-electron chi connectivity index (χ4n) is 2.13. The van der Waals surface area contributed by atoms with Crippen LogP contribution in [-0.2, 0) is 6.42 Å². The van der Waals surface area contributed by atoms with Crippen LogP contribution in [0.2, 0.25) is 0 Å². The SMILES string of the molecule is Cc1cc(C)c(C(=O)O)c2c1CCN2. The van der Waals surface area contributed by atoms with Gasteiger partial charge in [0.2, 0.25) is 0 Å². The van der Waals surface area contributed by atoms with E-state index in [4.69, 9.17) is 5.11 Å². The van der Waals surface area contributed by atoms with E-state index >= 15 is 0 Å². The van der Waals surface area contributed by atoms with E-state index in [1.54, 1.807) is 0 Å². The molecule has 0 fully saturated rings. The molecule has 0 bridgehead atoms. The number of rotatable bonds is 1. The van der Waals surface area contributed by atoms with Gasteiger partial charge in [-0.1, -0.05) is 6.07 Å². The summed E-state index contributed by atoms with van der Waals surface area (Å²) in [5.41, 5.74) is 4.45. The smallest absolute Gasteiger partial charge is 0.338 e. The van der Waals surface area contributed by atoms with Crippen molar-refractivity contribution in [1.29, 1.82) is 0 Å². The van der Waals surface area contributed by atoms with E-state index < -0.39 is 5.97 Å². The Kier molecular flexibility index (Phi) is 1.95. The van der Waals surface area contributed by atoms with Crippen molar-refractivity contribution < 1.29 is 9.90 Å². The molecule has 0 saturated heterocycles. The summed E-state index contributed by atoms with van der Waals surface area (Å²) in [6, 6.07) is 1.95. The Bertz CT molecular complexity index is 410. The second-order valence-electron chi connectivity index (χ2n) is 3.72. The highest BCUT2D eigenvalue weighted by molar-refractivity contribution is 5.97. The highest BCUT2D eigenvalue weighted by Gasteiger charge is 2.22. The quantitative estimate of drug-likeness (QED) is 0.713. The van der Waals surface area contributed by atoms with Crippen LogP contribution in [0.25, 0.3) is 0 Å². The van der Waals surface area contributed by atoms with Crippen molar-refractivity contribution in [1.82, 2.24) is 0 Å². The van der Waals surface area contributed by atoms with Crippen LogP contribution in [0.4, 0.5) is 5.69 Å². The first kappa shape index (κ1) is 9.06. The molecule has 1 aromatic rings. The Morgan fingerprint density at radius 1 is 1.43 bits per heavy atom. The maximum atomic E-state index is 11.1. The molecule has 0 spiro atoms. The van der Waals surface area contributed by atoms with Crippen LogP contribution in [-0.4, -0.2) is 17.6 Å². The monoisotopic (exact) mass is 191 g/mol. The Balaban J connectivity index is 2.72. The third kappa shape index (κ3) is 1.16. The number of hydrogen-bond acceptors (Lipinski definition) is 2. The first-order valence-electron chi connectivity index (χ1n) is 4.71.